The van der Waals surface area contributed by atoms with Gasteiger partial charge in [0.2, 0.25) is 0 Å². The van der Waals surface area contributed by atoms with Crippen LogP contribution in [0, 0.1) is 0 Å². The average molecular weight is 515 g/mol. The minimum atomic E-state index is -0.115. The molecule has 0 saturated heterocycles. The van der Waals surface area contributed by atoms with Crippen LogP contribution in [0.4, 0.5) is 0 Å². The Hall–Kier alpha value is -4.69. The first-order valence-electron chi connectivity index (χ1n) is 14.2. The lowest BCUT2D eigenvalue weighted by molar-refractivity contribution is 0.625. The van der Waals surface area contributed by atoms with Gasteiger partial charge in [0.25, 0.3) is 0 Å². The van der Waals surface area contributed by atoms with Gasteiger partial charge in [0.1, 0.15) is 5.82 Å². The van der Waals surface area contributed by atoms with Gasteiger partial charge in [-0.25, -0.2) is 4.98 Å². The molecule has 40 heavy (non-hydrogen) atoms. The molecule has 0 bridgehead atoms. The van der Waals surface area contributed by atoms with Crippen LogP contribution in [0.15, 0.2) is 115 Å². The first-order chi connectivity index (χ1) is 19.6. The van der Waals surface area contributed by atoms with Crippen molar-refractivity contribution in [3.63, 3.8) is 0 Å². The molecular weight excluding hydrogens is 484 g/mol. The van der Waals surface area contributed by atoms with Gasteiger partial charge in [0.05, 0.1) is 16.7 Å². The number of hydrogen-bond donors (Lipinski definition) is 0. The molecule has 0 aliphatic carbocycles. The largest absolute Gasteiger partial charge is 0.296 e. The molecule has 8 rings (SSSR count). The number of hydrogen-bond acceptors (Lipinski definition) is 1. The molecule has 0 unspecified atom stereocenters. The summed E-state index contributed by atoms with van der Waals surface area (Å²) in [7, 11) is 0. The van der Waals surface area contributed by atoms with Gasteiger partial charge in [-0.1, -0.05) is 124 Å². The summed E-state index contributed by atoms with van der Waals surface area (Å²) in [6.45, 7) is 6.90. The molecule has 1 aliphatic heterocycles. The molecule has 192 valence electrons. The summed E-state index contributed by atoms with van der Waals surface area (Å²) in [5.74, 6) is 1.12. The molecule has 1 aliphatic rings. The summed E-state index contributed by atoms with van der Waals surface area (Å²) >= 11 is 0. The van der Waals surface area contributed by atoms with Crippen molar-refractivity contribution in [1.82, 2.24) is 9.55 Å². The Morgan fingerprint density at radius 1 is 0.600 bits per heavy atom. The summed E-state index contributed by atoms with van der Waals surface area (Å²) in [5, 5.41) is 5.12. The zero-order valence-electron chi connectivity index (χ0n) is 23.1. The van der Waals surface area contributed by atoms with Crippen LogP contribution < -0.4 is 0 Å². The van der Waals surface area contributed by atoms with Crippen LogP contribution in [0.1, 0.15) is 37.7 Å². The second-order valence-corrected chi connectivity index (χ2v) is 11.5. The van der Waals surface area contributed by atoms with Gasteiger partial charge in [-0.2, -0.15) is 0 Å². The Kier molecular flexibility index (Phi) is 4.88. The fourth-order valence-corrected chi connectivity index (χ4v) is 7.08. The smallest absolute Gasteiger partial charge is 0.114 e. The van der Waals surface area contributed by atoms with Crippen molar-refractivity contribution in [2.75, 3.05) is 0 Å². The molecule has 0 fully saturated rings. The van der Waals surface area contributed by atoms with E-state index in [0.29, 0.717) is 0 Å². The normalized spacial score (nSPS) is 13.7. The number of imidazole rings is 1. The van der Waals surface area contributed by atoms with Crippen molar-refractivity contribution in [3.05, 3.63) is 132 Å². The monoisotopic (exact) mass is 514 g/mol. The lowest BCUT2D eigenvalue weighted by Gasteiger charge is -2.35. The van der Waals surface area contributed by atoms with E-state index in [2.05, 4.69) is 141 Å². The highest BCUT2D eigenvalue weighted by atomic mass is 15.1. The maximum atomic E-state index is 5.08. The highest BCUT2D eigenvalue weighted by Crippen LogP contribution is 2.48. The van der Waals surface area contributed by atoms with Gasteiger partial charge in [0, 0.05) is 11.8 Å². The summed E-state index contributed by atoms with van der Waals surface area (Å²) in [4.78, 5) is 5.08. The Morgan fingerprint density at radius 2 is 1.20 bits per heavy atom. The van der Waals surface area contributed by atoms with Crippen molar-refractivity contribution in [2.24, 2.45) is 0 Å². The van der Waals surface area contributed by atoms with Crippen LogP contribution in [-0.2, 0) is 11.8 Å². The summed E-state index contributed by atoms with van der Waals surface area (Å²) in [6.07, 6.45) is 0.885. The number of benzene rings is 6. The molecule has 6 aromatic carbocycles. The molecule has 2 nitrogen and oxygen atoms in total. The molecule has 0 N–H and O–H groups in total. The van der Waals surface area contributed by atoms with E-state index < -0.39 is 0 Å². The van der Waals surface area contributed by atoms with Crippen molar-refractivity contribution < 1.29 is 0 Å². The van der Waals surface area contributed by atoms with E-state index in [1.165, 1.54) is 66.1 Å². The predicted molar refractivity (Wildman–Crippen MR) is 168 cm³/mol. The Balaban J connectivity index is 1.49. The Labute approximate surface area is 234 Å². The predicted octanol–water partition coefficient (Wildman–Crippen LogP) is 9.87. The number of para-hydroxylation sites is 1. The zero-order chi connectivity index (χ0) is 27.0. The third kappa shape index (κ3) is 3.08. The number of aromatic nitrogens is 2. The molecule has 7 aromatic rings. The molecule has 1 aromatic heterocycles. The quantitative estimate of drug-likeness (QED) is 0.215. The molecule has 0 saturated carbocycles. The fourth-order valence-electron chi connectivity index (χ4n) is 7.08. The average Bonchev–Trinajstić information content (AvgIpc) is 3.38. The van der Waals surface area contributed by atoms with Crippen LogP contribution >= 0.6 is 0 Å². The molecular formula is C38H30N2. The molecule has 0 atom stereocenters. The van der Waals surface area contributed by atoms with Gasteiger partial charge < -0.3 is 0 Å². The zero-order valence-corrected chi connectivity index (χ0v) is 23.1. The van der Waals surface area contributed by atoms with Crippen molar-refractivity contribution >= 4 is 32.6 Å². The standard InChI is InChI=1S/C38H30N2/c1-4-34-39-32-20-12-19-31-37(32)40(34)33-23-25(21-22-30(33)38(31,2)3)36-28-17-10-8-15-26(28)35(24-13-6-5-7-14-24)27-16-9-11-18-29(27)36/h5-23H,4H2,1-3H3. The Morgan fingerprint density at radius 3 is 1.82 bits per heavy atom. The summed E-state index contributed by atoms with van der Waals surface area (Å²) in [5.41, 5.74) is 11.2. The van der Waals surface area contributed by atoms with Gasteiger partial charge in [0.15, 0.2) is 0 Å². The van der Waals surface area contributed by atoms with Crippen LogP contribution in [0.3, 0.4) is 0 Å². The van der Waals surface area contributed by atoms with E-state index in [0.717, 1.165) is 17.8 Å². The minimum Gasteiger partial charge on any atom is -0.296 e. The first kappa shape index (κ1) is 23.2. The maximum Gasteiger partial charge on any atom is 0.114 e. The number of fused-ring (bicyclic) bond motifs is 4. The summed E-state index contributed by atoms with van der Waals surface area (Å²) < 4.78 is 2.43. The van der Waals surface area contributed by atoms with E-state index in [4.69, 9.17) is 4.98 Å². The fraction of sp³-hybridized carbons (Fsp3) is 0.132. The second kappa shape index (κ2) is 8.40. The number of nitrogens with zero attached hydrogens (tertiary/aromatic N) is 2. The lowest BCUT2D eigenvalue weighted by atomic mass is 9.74. The molecule has 0 spiro atoms. The van der Waals surface area contributed by atoms with Crippen LogP contribution in [-0.4, -0.2) is 9.55 Å². The van der Waals surface area contributed by atoms with Crippen molar-refractivity contribution in [3.8, 4) is 27.9 Å². The molecule has 0 amide bonds. The van der Waals surface area contributed by atoms with Crippen LogP contribution in [0.2, 0.25) is 0 Å². The number of aryl methyl sites for hydroxylation is 1. The highest BCUT2D eigenvalue weighted by molar-refractivity contribution is 6.21. The van der Waals surface area contributed by atoms with Crippen LogP contribution in [0.5, 0.6) is 0 Å². The topological polar surface area (TPSA) is 17.8 Å². The van der Waals surface area contributed by atoms with E-state index in [1.54, 1.807) is 0 Å². The Bertz CT molecular complexity index is 2060. The van der Waals surface area contributed by atoms with E-state index in [1.807, 2.05) is 0 Å². The lowest BCUT2D eigenvalue weighted by Crippen LogP contribution is -2.26. The number of rotatable bonds is 3. The van der Waals surface area contributed by atoms with Crippen molar-refractivity contribution in [1.29, 1.82) is 0 Å². The minimum absolute atomic E-state index is 0.115. The van der Waals surface area contributed by atoms with E-state index >= 15 is 0 Å². The van der Waals surface area contributed by atoms with Gasteiger partial charge >= 0.3 is 0 Å². The van der Waals surface area contributed by atoms with E-state index in [-0.39, 0.29) is 5.41 Å². The van der Waals surface area contributed by atoms with Crippen LogP contribution in [0.25, 0.3) is 60.5 Å². The molecule has 2 heterocycles. The van der Waals surface area contributed by atoms with Gasteiger partial charge in [-0.3, -0.25) is 4.57 Å². The van der Waals surface area contributed by atoms with Gasteiger partial charge in [-0.15, -0.1) is 0 Å². The van der Waals surface area contributed by atoms with Crippen molar-refractivity contribution in [2.45, 2.75) is 32.6 Å². The highest BCUT2D eigenvalue weighted by Gasteiger charge is 2.35. The third-order valence-corrected chi connectivity index (χ3v) is 8.93. The third-order valence-electron chi connectivity index (χ3n) is 8.93. The maximum absolute atomic E-state index is 5.08. The SMILES string of the molecule is CCc1nc2cccc3c2n1-c1cc(-c2c4ccccc4c(-c4ccccc4)c4ccccc24)ccc1C3(C)C. The second-order valence-electron chi connectivity index (χ2n) is 11.5. The van der Waals surface area contributed by atoms with E-state index in [9.17, 15) is 0 Å². The first-order valence-corrected chi connectivity index (χ1v) is 14.2. The van der Waals surface area contributed by atoms with Gasteiger partial charge in [-0.05, 0) is 67.1 Å². The molecule has 2 heteroatoms. The molecule has 0 radical (unpaired) electrons. The summed E-state index contributed by atoms with van der Waals surface area (Å²) in [6, 6.07) is 42.3.